The summed E-state index contributed by atoms with van der Waals surface area (Å²) in [6, 6.07) is 4.84. The average molecular weight is 252 g/mol. The molecule has 1 heterocycles. The van der Waals surface area contributed by atoms with Crippen molar-refractivity contribution in [1.29, 1.82) is 0 Å². The maximum absolute atomic E-state index is 13.7. The molecule has 0 radical (unpaired) electrons. The van der Waals surface area contributed by atoms with Gasteiger partial charge in [-0.1, -0.05) is 19.1 Å². The molecule has 1 atom stereocenters. The molecule has 0 spiro atoms. The second-order valence-corrected chi connectivity index (χ2v) is 5.24. The molecule has 92 valence electrons. The van der Waals surface area contributed by atoms with Crippen LogP contribution >= 0.6 is 12.2 Å². The molecule has 4 heteroatoms. The Balaban J connectivity index is 2.14. The molecule has 2 nitrogen and oxygen atoms in total. The molecule has 0 bridgehead atoms. The van der Waals surface area contributed by atoms with Crippen molar-refractivity contribution in [2.24, 2.45) is 11.7 Å². The molecule has 1 aromatic rings. The van der Waals surface area contributed by atoms with Crippen molar-refractivity contribution in [3.63, 3.8) is 0 Å². The van der Waals surface area contributed by atoms with Gasteiger partial charge in [0, 0.05) is 24.2 Å². The maximum Gasteiger partial charge on any atom is 0.127 e. The fraction of sp³-hybridized carbons (Fsp3) is 0.462. The van der Waals surface area contributed by atoms with E-state index in [-0.39, 0.29) is 5.82 Å². The normalized spacial score (nSPS) is 20.7. The molecule has 0 aliphatic carbocycles. The Morgan fingerprint density at radius 2 is 2.35 bits per heavy atom. The van der Waals surface area contributed by atoms with Crippen LogP contribution in [0, 0.1) is 11.7 Å². The van der Waals surface area contributed by atoms with Crippen LogP contribution in [-0.4, -0.2) is 23.0 Å². The lowest BCUT2D eigenvalue weighted by molar-refractivity contribution is 0.315. The zero-order valence-corrected chi connectivity index (χ0v) is 10.8. The number of nitrogens with zero attached hydrogens (tertiary/aromatic N) is 1. The van der Waals surface area contributed by atoms with Gasteiger partial charge in [-0.25, -0.2) is 4.39 Å². The fourth-order valence-electron chi connectivity index (χ4n) is 2.26. The van der Waals surface area contributed by atoms with E-state index in [1.807, 2.05) is 0 Å². The van der Waals surface area contributed by atoms with Crippen LogP contribution in [0.25, 0.3) is 0 Å². The van der Waals surface area contributed by atoms with Gasteiger partial charge in [-0.05, 0) is 37.1 Å². The zero-order valence-electron chi connectivity index (χ0n) is 9.95. The summed E-state index contributed by atoms with van der Waals surface area (Å²) >= 11 is 4.91. The van der Waals surface area contributed by atoms with E-state index < -0.39 is 0 Å². The minimum absolute atomic E-state index is 0.176. The number of thiocarbonyl (C=S) groups is 1. The SMILES string of the molecule is CC1CCN(Cc2cc(C(N)=S)ccc2F)C1. The molecule has 2 rings (SSSR count). The van der Waals surface area contributed by atoms with Crippen LogP contribution in [0.3, 0.4) is 0 Å². The van der Waals surface area contributed by atoms with Gasteiger partial charge in [0.1, 0.15) is 10.8 Å². The summed E-state index contributed by atoms with van der Waals surface area (Å²) in [5, 5.41) is 0. The number of nitrogens with two attached hydrogens (primary N) is 1. The van der Waals surface area contributed by atoms with Crippen molar-refractivity contribution in [1.82, 2.24) is 4.90 Å². The van der Waals surface area contributed by atoms with E-state index in [0.29, 0.717) is 23.0 Å². The van der Waals surface area contributed by atoms with Gasteiger partial charge < -0.3 is 5.73 Å². The molecule has 0 aromatic heterocycles. The van der Waals surface area contributed by atoms with Crippen LogP contribution in [-0.2, 0) is 6.54 Å². The Kier molecular flexibility index (Phi) is 3.74. The van der Waals surface area contributed by atoms with Crippen LogP contribution in [0.1, 0.15) is 24.5 Å². The summed E-state index contributed by atoms with van der Waals surface area (Å²) in [7, 11) is 0. The van der Waals surface area contributed by atoms with Crippen molar-refractivity contribution < 1.29 is 4.39 Å². The Morgan fingerprint density at radius 3 is 2.94 bits per heavy atom. The fourth-order valence-corrected chi connectivity index (χ4v) is 2.39. The molecule has 1 unspecified atom stereocenters. The summed E-state index contributed by atoms with van der Waals surface area (Å²) in [5.74, 6) is 0.529. The zero-order chi connectivity index (χ0) is 12.4. The van der Waals surface area contributed by atoms with Crippen molar-refractivity contribution in [3.05, 3.63) is 35.1 Å². The monoisotopic (exact) mass is 252 g/mol. The van der Waals surface area contributed by atoms with Crippen LogP contribution < -0.4 is 5.73 Å². The lowest BCUT2D eigenvalue weighted by Gasteiger charge is -2.16. The third-order valence-electron chi connectivity index (χ3n) is 3.23. The number of likely N-dealkylation sites (tertiary alicyclic amines) is 1. The lowest BCUT2D eigenvalue weighted by Crippen LogP contribution is -2.21. The quantitative estimate of drug-likeness (QED) is 0.837. The number of benzene rings is 1. The van der Waals surface area contributed by atoms with Crippen molar-refractivity contribution >= 4 is 17.2 Å². The summed E-state index contributed by atoms with van der Waals surface area (Å²) in [6.07, 6.45) is 1.19. The first kappa shape index (κ1) is 12.5. The minimum atomic E-state index is -0.176. The number of rotatable bonds is 3. The second kappa shape index (κ2) is 5.10. The van der Waals surface area contributed by atoms with Gasteiger partial charge in [0.05, 0.1) is 0 Å². The minimum Gasteiger partial charge on any atom is -0.389 e. The molecule has 17 heavy (non-hydrogen) atoms. The predicted octanol–water partition coefficient (Wildman–Crippen LogP) is 2.30. The Hall–Kier alpha value is -1.00. The van der Waals surface area contributed by atoms with Crippen molar-refractivity contribution in [2.45, 2.75) is 19.9 Å². The third-order valence-corrected chi connectivity index (χ3v) is 3.47. The van der Waals surface area contributed by atoms with Crippen molar-refractivity contribution in [2.75, 3.05) is 13.1 Å². The summed E-state index contributed by atoms with van der Waals surface area (Å²) in [5.41, 5.74) is 6.98. The van der Waals surface area contributed by atoms with Crippen LogP contribution in [0.2, 0.25) is 0 Å². The summed E-state index contributed by atoms with van der Waals surface area (Å²) in [6.45, 7) is 4.95. The van der Waals surface area contributed by atoms with Gasteiger partial charge in [-0.3, -0.25) is 4.90 Å². The number of hydrogen-bond donors (Lipinski definition) is 1. The van der Waals surface area contributed by atoms with E-state index in [4.69, 9.17) is 18.0 Å². The largest absolute Gasteiger partial charge is 0.389 e. The van der Waals surface area contributed by atoms with E-state index in [2.05, 4.69) is 11.8 Å². The highest BCUT2D eigenvalue weighted by atomic mass is 32.1. The van der Waals surface area contributed by atoms with Gasteiger partial charge in [0.15, 0.2) is 0 Å². The third kappa shape index (κ3) is 3.01. The van der Waals surface area contributed by atoms with E-state index in [9.17, 15) is 4.39 Å². The molecular formula is C13H17FN2S. The highest BCUT2D eigenvalue weighted by Crippen LogP contribution is 2.20. The molecule has 1 aliphatic rings. The first-order valence-corrected chi connectivity index (χ1v) is 6.27. The first-order valence-electron chi connectivity index (χ1n) is 5.87. The molecule has 1 fully saturated rings. The Morgan fingerprint density at radius 1 is 1.59 bits per heavy atom. The van der Waals surface area contributed by atoms with Crippen LogP contribution in [0.4, 0.5) is 4.39 Å². The molecule has 1 aromatic carbocycles. The second-order valence-electron chi connectivity index (χ2n) is 4.80. The van der Waals surface area contributed by atoms with Gasteiger partial charge >= 0.3 is 0 Å². The van der Waals surface area contributed by atoms with Crippen LogP contribution in [0.15, 0.2) is 18.2 Å². The van der Waals surface area contributed by atoms with E-state index in [1.165, 1.54) is 12.5 Å². The highest BCUT2D eigenvalue weighted by molar-refractivity contribution is 7.80. The highest BCUT2D eigenvalue weighted by Gasteiger charge is 2.19. The molecule has 2 N–H and O–H groups in total. The topological polar surface area (TPSA) is 29.3 Å². The van der Waals surface area contributed by atoms with Gasteiger partial charge in [-0.2, -0.15) is 0 Å². The molecule has 0 amide bonds. The van der Waals surface area contributed by atoms with Crippen molar-refractivity contribution in [3.8, 4) is 0 Å². The Labute approximate surface area is 107 Å². The summed E-state index contributed by atoms with van der Waals surface area (Å²) < 4.78 is 13.7. The molecule has 1 saturated heterocycles. The lowest BCUT2D eigenvalue weighted by atomic mass is 10.1. The standard InChI is InChI=1S/C13H17FN2S/c1-9-4-5-16(7-9)8-11-6-10(13(15)17)2-3-12(11)14/h2-3,6,9H,4-5,7-8H2,1H3,(H2,15,17). The number of hydrogen-bond acceptors (Lipinski definition) is 2. The average Bonchev–Trinajstić information content (AvgIpc) is 2.67. The molecular weight excluding hydrogens is 235 g/mol. The van der Waals surface area contributed by atoms with Gasteiger partial charge in [0.2, 0.25) is 0 Å². The first-order chi connectivity index (χ1) is 8.06. The van der Waals surface area contributed by atoms with E-state index in [1.54, 1.807) is 12.1 Å². The van der Waals surface area contributed by atoms with Crippen LogP contribution in [0.5, 0.6) is 0 Å². The predicted molar refractivity (Wildman–Crippen MR) is 71.3 cm³/mol. The van der Waals surface area contributed by atoms with E-state index >= 15 is 0 Å². The number of halogens is 1. The van der Waals surface area contributed by atoms with Gasteiger partial charge in [0.25, 0.3) is 0 Å². The van der Waals surface area contributed by atoms with Gasteiger partial charge in [-0.15, -0.1) is 0 Å². The molecule has 0 saturated carbocycles. The summed E-state index contributed by atoms with van der Waals surface area (Å²) in [4.78, 5) is 2.59. The van der Waals surface area contributed by atoms with E-state index in [0.717, 1.165) is 18.7 Å². The Bertz CT molecular complexity index is 433. The maximum atomic E-state index is 13.7. The molecule has 1 aliphatic heterocycles. The smallest absolute Gasteiger partial charge is 0.127 e.